The maximum Gasteiger partial charge on any atom is 0.244 e. The molecule has 0 bridgehead atoms. The zero-order valence-corrected chi connectivity index (χ0v) is 13.6. The van der Waals surface area contributed by atoms with E-state index in [-0.39, 0.29) is 33.7 Å². The first-order chi connectivity index (χ1) is 8.99. The van der Waals surface area contributed by atoms with Gasteiger partial charge in [-0.15, -0.1) is 12.4 Å². The summed E-state index contributed by atoms with van der Waals surface area (Å²) < 4.78 is 32.0. The van der Waals surface area contributed by atoms with Gasteiger partial charge in [0, 0.05) is 12.2 Å². The average Bonchev–Trinajstić information content (AvgIpc) is 2.36. The summed E-state index contributed by atoms with van der Waals surface area (Å²) in [5, 5.41) is 5.49. The zero-order valence-electron chi connectivity index (χ0n) is 10.6. The van der Waals surface area contributed by atoms with E-state index in [9.17, 15) is 13.6 Å². The van der Waals surface area contributed by atoms with Crippen LogP contribution in [0.4, 0.5) is 14.5 Å². The summed E-state index contributed by atoms with van der Waals surface area (Å²) in [5.74, 6) is -1.76. The second-order valence-electron chi connectivity index (χ2n) is 4.25. The number of carbonyl (C=O) groups is 1. The van der Waals surface area contributed by atoms with Crippen LogP contribution in [-0.2, 0) is 9.53 Å². The molecule has 2 rings (SSSR count). The van der Waals surface area contributed by atoms with E-state index in [0.717, 1.165) is 12.1 Å². The third-order valence-electron chi connectivity index (χ3n) is 2.85. The smallest absolute Gasteiger partial charge is 0.244 e. The highest BCUT2D eigenvalue weighted by Gasteiger charge is 2.28. The van der Waals surface area contributed by atoms with Crippen molar-refractivity contribution in [2.75, 3.05) is 18.5 Å². The highest BCUT2D eigenvalue weighted by molar-refractivity contribution is 14.1. The summed E-state index contributed by atoms with van der Waals surface area (Å²) in [7, 11) is 0. The fourth-order valence-corrected chi connectivity index (χ4v) is 2.19. The normalized spacial score (nSPS) is 22.0. The number of amides is 1. The van der Waals surface area contributed by atoms with Gasteiger partial charge in [-0.2, -0.15) is 0 Å². The van der Waals surface area contributed by atoms with Crippen molar-refractivity contribution in [1.82, 2.24) is 5.32 Å². The van der Waals surface area contributed by atoms with Gasteiger partial charge in [-0.1, -0.05) is 0 Å². The summed E-state index contributed by atoms with van der Waals surface area (Å²) in [5.41, 5.74) is 0.0972. The molecule has 8 heteroatoms. The van der Waals surface area contributed by atoms with Gasteiger partial charge in [0.05, 0.1) is 16.3 Å². The van der Waals surface area contributed by atoms with Crippen molar-refractivity contribution in [1.29, 1.82) is 0 Å². The van der Waals surface area contributed by atoms with E-state index in [1.807, 2.05) is 0 Å². The number of halogens is 4. The second kappa shape index (κ2) is 7.48. The first-order valence-electron chi connectivity index (χ1n) is 5.79. The molecule has 1 saturated heterocycles. The van der Waals surface area contributed by atoms with Crippen molar-refractivity contribution in [3.8, 4) is 0 Å². The molecule has 20 heavy (non-hydrogen) atoms. The molecule has 1 heterocycles. The van der Waals surface area contributed by atoms with E-state index in [0.29, 0.717) is 13.2 Å². The van der Waals surface area contributed by atoms with Crippen LogP contribution in [0.1, 0.15) is 6.92 Å². The van der Waals surface area contributed by atoms with E-state index in [4.69, 9.17) is 4.74 Å². The van der Waals surface area contributed by atoms with Crippen LogP contribution in [0.15, 0.2) is 12.1 Å². The molecular formula is C12H14ClF2IN2O2. The summed E-state index contributed by atoms with van der Waals surface area (Å²) in [6.07, 6.45) is -0.285. The van der Waals surface area contributed by atoms with E-state index in [1.165, 1.54) is 0 Å². The van der Waals surface area contributed by atoms with Crippen LogP contribution in [0.2, 0.25) is 0 Å². The van der Waals surface area contributed by atoms with E-state index in [2.05, 4.69) is 10.6 Å². The quantitative estimate of drug-likeness (QED) is 0.572. The number of ether oxygens (including phenoxy) is 1. The van der Waals surface area contributed by atoms with Gasteiger partial charge in [-0.25, -0.2) is 8.78 Å². The minimum Gasteiger partial charge on any atom is -0.375 e. The molecular weight excluding hydrogens is 404 g/mol. The summed E-state index contributed by atoms with van der Waals surface area (Å²) in [6.45, 7) is 2.88. The topological polar surface area (TPSA) is 50.4 Å². The Labute approximate surface area is 135 Å². The Balaban J connectivity index is 0.00000200. The molecule has 2 atom stereocenters. The van der Waals surface area contributed by atoms with Crippen molar-refractivity contribution < 1.29 is 18.3 Å². The van der Waals surface area contributed by atoms with E-state index in [1.54, 1.807) is 29.5 Å². The van der Waals surface area contributed by atoms with Gasteiger partial charge in [-0.3, -0.25) is 4.79 Å². The third kappa shape index (κ3) is 4.00. The molecule has 1 aromatic carbocycles. The molecule has 1 fully saturated rings. The van der Waals surface area contributed by atoms with Crippen LogP contribution in [-0.4, -0.2) is 31.2 Å². The van der Waals surface area contributed by atoms with Gasteiger partial charge >= 0.3 is 0 Å². The number of morpholine rings is 1. The minimum atomic E-state index is -0.697. The van der Waals surface area contributed by atoms with Crippen LogP contribution in [0, 0.1) is 15.2 Å². The molecule has 1 aliphatic heterocycles. The molecule has 0 aliphatic carbocycles. The lowest BCUT2D eigenvalue weighted by Gasteiger charge is -2.29. The van der Waals surface area contributed by atoms with Gasteiger partial charge in [0.25, 0.3) is 0 Å². The van der Waals surface area contributed by atoms with Crippen molar-refractivity contribution in [3.63, 3.8) is 0 Å². The maximum absolute atomic E-state index is 13.4. The van der Waals surface area contributed by atoms with Gasteiger partial charge in [0.15, 0.2) is 0 Å². The number of benzene rings is 1. The molecule has 1 aromatic rings. The van der Waals surface area contributed by atoms with Crippen LogP contribution < -0.4 is 10.6 Å². The molecule has 0 unspecified atom stereocenters. The van der Waals surface area contributed by atoms with Crippen LogP contribution in [0.3, 0.4) is 0 Å². The van der Waals surface area contributed by atoms with Crippen molar-refractivity contribution >= 4 is 46.6 Å². The molecule has 0 saturated carbocycles. The monoisotopic (exact) mass is 418 g/mol. The lowest BCUT2D eigenvalue weighted by Crippen LogP contribution is -2.53. The largest absolute Gasteiger partial charge is 0.375 e. The summed E-state index contributed by atoms with van der Waals surface area (Å²) in [6, 6.07) is 1.66. The van der Waals surface area contributed by atoms with Gasteiger partial charge in [0.1, 0.15) is 17.7 Å². The zero-order chi connectivity index (χ0) is 14.0. The average molecular weight is 419 g/mol. The number of rotatable bonds is 2. The Morgan fingerprint density at radius 2 is 2.05 bits per heavy atom. The lowest BCUT2D eigenvalue weighted by atomic mass is 10.1. The highest BCUT2D eigenvalue weighted by Crippen LogP contribution is 2.20. The molecule has 2 N–H and O–H groups in total. The number of hydrogen-bond donors (Lipinski definition) is 2. The SMILES string of the molecule is C[C@H]1OCCN[C@@H]1C(=O)Nc1cc(F)c(I)c(F)c1.Cl. The summed E-state index contributed by atoms with van der Waals surface area (Å²) in [4.78, 5) is 12.0. The molecule has 0 spiro atoms. The maximum atomic E-state index is 13.4. The van der Waals surface area contributed by atoms with Crippen LogP contribution >= 0.6 is 35.0 Å². The van der Waals surface area contributed by atoms with E-state index < -0.39 is 17.7 Å². The molecule has 1 amide bonds. The van der Waals surface area contributed by atoms with Gasteiger partial charge < -0.3 is 15.4 Å². The van der Waals surface area contributed by atoms with Crippen LogP contribution in [0.25, 0.3) is 0 Å². The first kappa shape index (κ1) is 17.5. The molecule has 4 nitrogen and oxygen atoms in total. The Hall–Kier alpha value is -0.510. The fourth-order valence-electron chi connectivity index (χ4n) is 1.88. The number of nitrogens with one attached hydrogen (secondary N) is 2. The molecule has 112 valence electrons. The van der Waals surface area contributed by atoms with Gasteiger partial charge in [0.2, 0.25) is 5.91 Å². The fraction of sp³-hybridized carbons (Fsp3) is 0.417. The van der Waals surface area contributed by atoms with Crippen LogP contribution in [0.5, 0.6) is 0 Å². The Bertz CT molecular complexity index is 481. The Kier molecular flexibility index (Phi) is 6.56. The third-order valence-corrected chi connectivity index (χ3v) is 3.88. The second-order valence-corrected chi connectivity index (χ2v) is 5.33. The Morgan fingerprint density at radius 3 is 2.60 bits per heavy atom. The number of hydrogen-bond acceptors (Lipinski definition) is 3. The molecule has 0 radical (unpaired) electrons. The predicted octanol–water partition coefficient (Wildman–Crippen LogP) is 2.31. The van der Waals surface area contributed by atoms with Gasteiger partial charge in [-0.05, 0) is 41.6 Å². The minimum absolute atomic E-state index is 0. The number of anilines is 1. The molecule has 0 aromatic heterocycles. The first-order valence-corrected chi connectivity index (χ1v) is 6.87. The standard InChI is InChI=1S/C12H13F2IN2O2.ClH/c1-6-11(16-2-3-19-6)12(18)17-7-4-8(13)10(15)9(14)5-7;/h4-6,11,16H,2-3H2,1H3,(H,17,18);1H/t6-,11+;/m1./s1. The Morgan fingerprint density at radius 1 is 1.45 bits per heavy atom. The van der Waals surface area contributed by atoms with Crippen molar-refractivity contribution in [3.05, 3.63) is 27.3 Å². The predicted molar refractivity (Wildman–Crippen MR) is 82.2 cm³/mol. The highest BCUT2D eigenvalue weighted by atomic mass is 127. The lowest BCUT2D eigenvalue weighted by molar-refractivity contribution is -0.123. The van der Waals surface area contributed by atoms with Crippen molar-refractivity contribution in [2.24, 2.45) is 0 Å². The van der Waals surface area contributed by atoms with E-state index >= 15 is 0 Å². The van der Waals surface area contributed by atoms with Crippen molar-refractivity contribution in [2.45, 2.75) is 19.1 Å². The number of carbonyl (C=O) groups excluding carboxylic acids is 1. The summed E-state index contributed by atoms with van der Waals surface area (Å²) >= 11 is 1.57. The molecule has 1 aliphatic rings.